The average Bonchev–Trinajstić information content (AvgIpc) is 2.90. The van der Waals surface area contributed by atoms with Gasteiger partial charge in [-0.3, -0.25) is 0 Å². The average molecular weight is 251 g/mol. The number of nitrogens with zero attached hydrogens (tertiary/aromatic N) is 1. The molecule has 0 bridgehead atoms. The monoisotopic (exact) mass is 251 g/mol. The first-order valence-corrected chi connectivity index (χ1v) is 6.51. The zero-order valence-corrected chi connectivity index (χ0v) is 10.6. The van der Waals surface area contributed by atoms with Crippen LogP contribution in [-0.2, 0) is 6.61 Å². The van der Waals surface area contributed by atoms with Gasteiger partial charge >= 0.3 is 0 Å². The number of β-amino-alcohol motifs (C(OH)–C–C–N with tert-alkyl or cyclic N) is 1. The summed E-state index contributed by atoms with van der Waals surface area (Å²) < 4.78 is 5.52. The predicted octanol–water partition coefficient (Wildman–Crippen LogP) is 1.01. The van der Waals surface area contributed by atoms with Gasteiger partial charge in [0.25, 0.3) is 0 Å². The Balaban J connectivity index is 1.72. The molecule has 0 saturated carbocycles. The largest absolute Gasteiger partial charge is 0.491 e. The lowest BCUT2D eigenvalue weighted by Gasteiger charge is -2.19. The quantitative estimate of drug-likeness (QED) is 0.792. The van der Waals surface area contributed by atoms with Crippen LogP contribution in [0.5, 0.6) is 5.75 Å². The number of ether oxygens (including phenoxy) is 1. The summed E-state index contributed by atoms with van der Waals surface area (Å²) in [5, 5.41) is 18.8. The molecule has 0 spiro atoms. The van der Waals surface area contributed by atoms with Crippen LogP contribution in [-0.4, -0.2) is 47.5 Å². The summed E-state index contributed by atoms with van der Waals surface area (Å²) in [5.74, 6) is 0.729. The van der Waals surface area contributed by atoms with E-state index in [9.17, 15) is 5.11 Å². The van der Waals surface area contributed by atoms with Crippen molar-refractivity contribution in [2.24, 2.45) is 0 Å². The lowest BCUT2D eigenvalue weighted by atomic mass is 10.2. The van der Waals surface area contributed by atoms with Crippen LogP contribution in [0.1, 0.15) is 18.4 Å². The zero-order valence-electron chi connectivity index (χ0n) is 10.6. The van der Waals surface area contributed by atoms with Crippen LogP contribution < -0.4 is 4.74 Å². The fourth-order valence-electron chi connectivity index (χ4n) is 2.20. The van der Waals surface area contributed by atoms with E-state index in [1.807, 2.05) is 24.3 Å². The molecule has 18 heavy (non-hydrogen) atoms. The van der Waals surface area contributed by atoms with E-state index in [2.05, 4.69) is 4.90 Å². The first-order valence-electron chi connectivity index (χ1n) is 6.51. The summed E-state index contributed by atoms with van der Waals surface area (Å²) in [4.78, 5) is 2.27. The molecule has 0 amide bonds. The van der Waals surface area contributed by atoms with Crippen LogP contribution in [0.15, 0.2) is 24.3 Å². The molecule has 100 valence electrons. The van der Waals surface area contributed by atoms with Crippen molar-refractivity contribution in [3.05, 3.63) is 29.8 Å². The minimum atomic E-state index is -0.444. The number of benzene rings is 1. The summed E-state index contributed by atoms with van der Waals surface area (Å²) in [7, 11) is 0. The second-order valence-electron chi connectivity index (χ2n) is 4.77. The fraction of sp³-hybridized carbons (Fsp3) is 0.571. The lowest BCUT2D eigenvalue weighted by molar-refractivity contribution is 0.0758. The van der Waals surface area contributed by atoms with Gasteiger partial charge in [-0.05, 0) is 43.6 Å². The second-order valence-corrected chi connectivity index (χ2v) is 4.77. The highest BCUT2D eigenvalue weighted by atomic mass is 16.5. The molecule has 0 aromatic heterocycles. The predicted molar refractivity (Wildman–Crippen MR) is 69.5 cm³/mol. The van der Waals surface area contributed by atoms with Crippen molar-refractivity contribution in [3.63, 3.8) is 0 Å². The van der Waals surface area contributed by atoms with E-state index in [-0.39, 0.29) is 6.61 Å². The van der Waals surface area contributed by atoms with Gasteiger partial charge in [0.05, 0.1) is 6.61 Å². The van der Waals surface area contributed by atoms with Crippen LogP contribution >= 0.6 is 0 Å². The molecule has 2 N–H and O–H groups in total. The minimum Gasteiger partial charge on any atom is -0.491 e. The summed E-state index contributed by atoms with van der Waals surface area (Å²) in [6.07, 6.45) is 2.02. The standard InChI is InChI=1S/C14H21NO3/c16-10-12-3-5-14(6-4-12)18-11-13(17)9-15-7-1-2-8-15/h3-6,13,16-17H,1-2,7-11H2. The second kappa shape index (κ2) is 6.73. The molecule has 1 heterocycles. The molecular formula is C14H21NO3. The Bertz CT molecular complexity index is 347. The van der Waals surface area contributed by atoms with Crippen molar-refractivity contribution in [1.29, 1.82) is 0 Å². The van der Waals surface area contributed by atoms with Crippen molar-refractivity contribution < 1.29 is 14.9 Å². The van der Waals surface area contributed by atoms with Gasteiger partial charge in [0.1, 0.15) is 18.5 Å². The van der Waals surface area contributed by atoms with Crippen LogP contribution in [0.2, 0.25) is 0 Å². The van der Waals surface area contributed by atoms with E-state index in [1.54, 1.807) is 0 Å². The molecule has 1 aromatic carbocycles. The lowest BCUT2D eigenvalue weighted by Crippen LogP contribution is -2.33. The van der Waals surface area contributed by atoms with E-state index in [4.69, 9.17) is 9.84 Å². The fourth-order valence-corrected chi connectivity index (χ4v) is 2.20. The smallest absolute Gasteiger partial charge is 0.119 e. The van der Waals surface area contributed by atoms with E-state index >= 15 is 0 Å². The molecule has 0 radical (unpaired) electrons. The summed E-state index contributed by atoms with van der Waals surface area (Å²) in [5.41, 5.74) is 0.861. The normalized spacial score (nSPS) is 17.9. The maximum atomic E-state index is 9.87. The highest BCUT2D eigenvalue weighted by molar-refractivity contribution is 5.26. The van der Waals surface area contributed by atoms with Gasteiger partial charge in [-0.25, -0.2) is 0 Å². The van der Waals surface area contributed by atoms with E-state index in [0.29, 0.717) is 13.2 Å². The van der Waals surface area contributed by atoms with Crippen molar-refractivity contribution in [3.8, 4) is 5.75 Å². The van der Waals surface area contributed by atoms with Crippen LogP contribution in [0.25, 0.3) is 0 Å². The Morgan fingerprint density at radius 2 is 1.83 bits per heavy atom. The summed E-state index contributed by atoms with van der Waals surface area (Å²) >= 11 is 0. The molecule has 1 aliphatic heterocycles. The molecule has 2 rings (SSSR count). The van der Waals surface area contributed by atoms with E-state index < -0.39 is 6.10 Å². The van der Waals surface area contributed by atoms with Crippen LogP contribution in [0.3, 0.4) is 0 Å². The molecule has 1 aliphatic rings. The Morgan fingerprint density at radius 1 is 1.17 bits per heavy atom. The summed E-state index contributed by atoms with van der Waals surface area (Å²) in [6.45, 7) is 3.21. The highest BCUT2D eigenvalue weighted by Gasteiger charge is 2.15. The van der Waals surface area contributed by atoms with Gasteiger partial charge < -0.3 is 19.8 Å². The van der Waals surface area contributed by atoms with Gasteiger partial charge in [0.15, 0.2) is 0 Å². The van der Waals surface area contributed by atoms with E-state index in [1.165, 1.54) is 12.8 Å². The molecule has 1 saturated heterocycles. The van der Waals surface area contributed by atoms with Crippen LogP contribution in [0.4, 0.5) is 0 Å². The third-order valence-corrected chi connectivity index (χ3v) is 3.22. The van der Waals surface area contributed by atoms with Gasteiger partial charge in [-0.2, -0.15) is 0 Å². The van der Waals surface area contributed by atoms with Gasteiger partial charge in [0.2, 0.25) is 0 Å². The summed E-state index contributed by atoms with van der Waals surface area (Å²) in [6, 6.07) is 7.27. The molecule has 1 atom stereocenters. The van der Waals surface area contributed by atoms with E-state index in [0.717, 1.165) is 24.4 Å². The van der Waals surface area contributed by atoms with Crippen molar-refractivity contribution in [2.45, 2.75) is 25.6 Å². The highest BCUT2D eigenvalue weighted by Crippen LogP contribution is 2.13. The molecule has 4 nitrogen and oxygen atoms in total. The van der Waals surface area contributed by atoms with Crippen LogP contribution in [0, 0.1) is 0 Å². The molecule has 0 aliphatic carbocycles. The molecule has 4 heteroatoms. The molecule has 1 fully saturated rings. The Labute approximate surface area is 108 Å². The maximum Gasteiger partial charge on any atom is 0.119 e. The number of hydrogen-bond donors (Lipinski definition) is 2. The number of hydrogen-bond acceptors (Lipinski definition) is 4. The zero-order chi connectivity index (χ0) is 12.8. The van der Waals surface area contributed by atoms with Crippen molar-refractivity contribution in [2.75, 3.05) is 26.2 Å². The Hall–Kier alpha value is -1.10. The third kappa shape index (κ3) is 3.98. The third-order valence-electron chi connectivity index (χ3n) is 3.22. The Morgan fingerprint density at radius 3 is 2.44 bits per heavy atom. The first-order chi connectivity index (χ1) is 8.78. The van der Waals surface area contributed by atoms with Gasteiger partial charge in [0, 0.05) is 6.54 Å². The number of rotatable bonds is 6. The minimum absolute atomic E-state index is 0.0395. The number of aliphatic hydroxyl groups is 2. The SMILES string of the molecule is OCc1ccc(OCC(O)CN2CCCC2)cc1. The first kappa shape index (κ1) is 13.3. The number of aliphatic hydroxyl groups excluding tert-OH is 2. The Kier molecular flexibility index (Phi) is 4.99. The molecule has 1 unspecified atom stereocenters. The van der Waals surface area contributed by atoms with Gasteiger partial charge in [-0.1, -0.05) is 12.1 Å². The molecule has 1 aromatic rings. The van der Waals surface area contributed by atoms with Crippen molar-refractivity contribution >= 4 is 0 Å². The van der Waals surface area contributed by atoms with Gasteiger partial charge in [-0.15, -0.1) is 0 Å². The molecular weight excluding hydrogens is 230 g/mol. The van der Waals surface area contributed by atoms with Crippen molar-refractivity contribution in [1.82, 2.24) is 4.90 Å². The maximum absolute atomic E-state index is 9.87. The topological polar surface area (TPSA) is 52.9 Å². The number of likely N-dealkylation sites (tertiary alicyclic amines) is 1.